The molecule has 0 aliphatic heterocycles. The number of ketones is 1. The van der Waals surface area contributed by atoms with Gasteiger partial charge in [0.25, 0.3) is 5.91 Å². The highest BCUT2D eigenvalue weighted by molar-refractivity contribution is 6.05. The van der Waals surface area contributed by atoms with Crippen LogP contribution in [-0.2, 0) is 0 Å². The van der Waals surface area contributed by atoms with Crippen molar-refractivity contribution in [3.63, 3.8) is 0 Å². The van der Waals surface area contributed by atoms with Gasteiger partial charge in [-0.05, 0) is 35.9 Å². The molecule has 0 fully saturated rings. The predicted octanol–water partition coefficient (Wildman–Crippen LogP) is 2.82. The standard InChI is InChI=1S/C18H15N3O2/c1-19-18(23)13-9-6-12(7-10-13)8-11-16(22)17-20-14-4-2-3-5-15(14)21-17/h2-11H,1H3,(H,19,23)(H,20,21). The Balaban J connectivity index is 1.76. The van der Waals surface area contributed by atoms with Crippen molar-refractivity contribution in [3.8, 4) is 0 Å². The molecule has 1 heterocycles. The quantitative estimate of drug-likeness (QED) is 0.575. The lowest BCUT2D eigenvalue weighted by molar-refractivity contribution is 0.0962. The third-order valence-electron chi connectivity index (χ3n) is 3.45. The van der Waals surface area contributed by atoms with E-state index in [1.807, 2.05) is 24.3 Å². The number of allylic oxidation sites excluding steroid dienone is 1. The highest BCUT2D eigenvalue weighted by Crippen LogP contribution is 2.12. The fraction of sp³-hybridized carbons (Fsp3) is 0.0556. The number of para-hydroxylation sites is 2. The lowest BCUT2D eigenvalue weighted by Gasteiger charge is -1.99. The summed E-state index contributed by atoms with van der Waals surface area (Å²) in [7, 11) is 1.59. The molecule has 0 spiro atoms. The van der Waals surface area contributed by atoms with Crippen molar-refractivity contribution in [2.45, 2.75) is 0 Å². The zero-order valence-electron chi connectivity index (χ0n) is 12.5. The molecule has 2 aromatic carbocycles. The Morgan fingerprint density at radius 3 is 2.52 bits per heavy atom. The lowest BCUT2D eigenvalue weighted by Crippen LogP contribution is -2.17. The predicted molar refractivity (Wildman–Crippen MR) is 89.3 cm³/mol. The van der Waals surface area contributed by atoms with Crippen molar-refractivity contribution in [1.82, 2.24) is 15.3 Å². The molecular weight excluding hydrogens is 290 g/mol. The van der Waals surface area contributed by atoms with E-state index in [2.05, 4.69) is 15.3 Å². The van der Waals surface area contributed by atoms with Gasteiger partial charge in [0.05, 0.1) is 11.0 Å². The second-order valence-electron chi connectivity index (χ2n) is 5.00. The molecule has 114 valence electrons. The number of imidazole rings is 1. The van der Waals surface area contributed by atoms with Crippen molar-refractivity contribution in [2.24, 2.45) is 0 Å². The van der Waals surface area contributed by atoms with E-state index in [9.17, 15) is 9.59 Å². The Morgan fingerprint density at radius 2 is 1.83 bits per heavy atom. The summed E-state index contributed by atoms with van der Waals surface area (Å²) >= 11 is 0. The summed E-state index contributed by atoms with van der Waals surface area (Å²) < 4.78 is 0. The number of carbonyl (C=O) groups excluding carboxylic acids is 2. The smallest absolute Gasteiger partial charge is 0.251 e. The number of rotatable bonds is 4. The highest BCUT2D eigenvalue weighted by atomic mass is 16.1. The van der Waals surface area contributed by atoms with Crippen LogP contribution in [0.5, 0.6) is 0 Å². The largest absolute Gasteiger partial charge is 0.355 e. The number of nitrogens with one attached hydrogen (secondary N) is 2. The lowest BCUT2D eigenvalue weighted by atomic mass is 10.1. The minimum absolute atomic E-state index is 0.140. The van der Waals surface area contributed by atoms with Crippen LogP contribution in [-0.4, -0.2) is 28.7 Å². The summed E-state index contributed by atoms with van der Waals surface area (Å²) in [6.45, 7) is 0. The van der Waals surface area contributed by atoms with E-state index >= 15 is 0 Å². The van der Waals surface area contributed by atoms with Crippen molar-refractivity contribution in [2.75, 3.05) is 7.05 Å². The van der Waals surface area contributed by atoms with Crippen molar-refractivity contribution >= 4 is 28.8 Å². The average molecular weight is 305 g/mol. The molecule has 0 atom stereocenters. The first-order chi connectivity index (χ1) is 11.2. The van der Waals surface area contributed by atoms with Crippen LogP contribution in [0.4, 0.5) is 0 Å². The van der Waals surface area contributed by atoms with E-state index in [0.717, 1.165) is 16.6 Å². The molecule has 0 bridgehead atoms. The number of benzene rings is 2. The van der Waals surface area contributed by atoms with Crippen molar-refractivity contribution in [3.05, 3.63) is 71.6 Å². The Bertz CT molecular complexity index is 859. The highest BCUT2D eigenvalue weighted by Gasteiger charge is 2.08. The van der Waals surface area contributed by atoms with E-state index in [-0.39, 0.29) is 11.7 Å². The van der Waals surface area contributed by atoms with Crippen molar-refractivity contribution < 1.29 is 9.59 Å². The maximum absolute atomic E-state index is 12.2. The number of hydrogen-bond donors (Lipinski definition) is 2. The van der Waals surface area contributed by atoms with Crippen LogP contribution in [0, 0.1) is 0 Å². The van der Waals surface area contributed by atoms with E-state index in [4.69, 9.17) is 0 Å². The minimum atomic E-state index is -0.198. The fourth-order valence-corrected chi connectivity index (χ4v) is 2.21. The van der Waals surface area contributed by atoms with Gasteiger partial charge in [-0.2, -0.15) is 0 Å². The van der Waals surface area contributed by atoms with Crippen LogP contribution in [0.3, 0.4) is 0 Å². The number of aromatic amines is 1. The molecule has 3 rings (SSSR count). The number of amides is 1. The Hall–Kier alpha value is -3.21. The molecular formula is C18H15N3O2. The summed E-state index contributed by atoms with van der Waals surface area (Å²) in [6, 6.07) is 14.5. The van der Waals surface area contributed by atoms with Crippen LogP contribution in [0.25, 0.3) is 17.1 Å². The summed E-state index contributed by atoms with van der Waals surface area (Å²) in [4.78, 5) is 30.9. The average Bonchev–Trinajstić information content (AvgIpc) is 3.03. The molecule has 5 heteroatoms. The molecule has 23 heavy (non-hydrogen) atoms. The first-order valence-electron chi connectivity index (χ1n) is 7.16. The van der Waals surface area contributed by atoms with Crippen LogP contribution in [0.15, 0.2) is 54.6 Å². The van der Waals surface area contributed by atoms with E-state index in [0.29, 0.717) is 11.4 Å². The first kappa shape index (κ1) is 14.7. The number of carbonyl (C=O) groups is 2. The summed E-state index contributed by atoms with van der Waals surface area (Å²) in [5.74, 6) is -0.0279. The minimum Gasteiger partial charge on any atom is -0.355 e. The van der Waals surface area contributed by atoms with Gasteiger partial charge in [0, 0.05) is 12.6 Å². The summed E-state index contributed by atoms with van der Waals surface area (Å²) in [5.41, 5.74) is 3.01. The maximum atomic E-state index is 12.2. The third-order valence-corrected chi connectivity index (χ3v) is 3.45. The Morgan fingerprint density at radius 1 is 1.09 bits per heavy atom. The third kappa shape index (κ3) is 3.18. The van der Waals surface area contributed by atoms with Gasteiger partial charge in [-0.25, -0.2) is 4.98 Å². The number of hydrogen-bond acceptors (Lipinski definition) is 3. The zero-order valence-corrected chi connectivity index (χ0v) is 12.5. The zero-order chi connectivity index (χ0) is 16.2. The molecule has 5 nitrogen and oxygen atoms in total. The Kier molecular flexibility index (Phi) is 4.01. The van der Waals surface area contributed by atoms with Crippen LogP contribution >= 0.6 is 0 Å². The van der Waals surface area contributed by atoms with Gasteiger partial charge < -0.3 is 10.3 Å². The second-order valence-corrected chi connectivity index (χ2v) is 5.00. The van der Waals surface area contributed by atoms with Gasteiger partial charge in [-0.1, -0.05) is 30.3 Å². The van der Waals surface area contributed by atoms with E-state index in [1.165, 1.54) is 6.08 Å². The van der Waals surface area contributed by atoms with E-state index in [1.54, 1.807) is 37.4 Å². The monoisotopic (exact) mass is 305 g/mol. The van der Waals surface area contributed by atoms with Gasteiger partial charge >= 0.3 is 0 Å². The molecule has 0 saturated carbocycles. The molecule has 0 saturated heterocycles. The molecule has 2 N–H and O–H groups in total. The van der Waals surface area contributed by atoms with Gasteiger partial charge in [0.2, 0.25) is 5.78 Å². The van der Waals surface area contributed by atoms with Crippen LogP contribution in [0.2, 0.25) is 0 Å². The molecule has 0 aliphatic carbocycles. The van der Waals surface area contributed by atoms with Gasteiger partial charge in [0.15, 0.2) is 5.82 Å². The van der Waals surface area contributed by atoms with Gasteiger partial charge in [-0.15, -0.1) is 0 Å². The second kappa shape index (κ2) is 6.27. The number of fused-ring (bicyclic) bond motifs is 1. The van der Waals surface area contributed by atoms with Gasteiger partial charge in [-0.3, -0.25) is 9.59 Å². The molecule has 1 amide bonds. The topological polar surface area (TPSA) is 74.8 Å². The molecule has 0 aliphatic rings. The van der Waals surface area contributed by atoms with Crippen molar-refractivity contribution in [1.29, 1.82) is 0 Å². The van der Waals surface area contributed by atoms with Crippen LogP contribution in [0.1, 0.15) is 26.5 Å². The molecule has 0 unspecified atom stereocenters. The fourth-order valence-electron chi connectivity index (χ4n) is 2.21. The Labute approximate surface area is 133 Å². The molecule has 1 aromatic heterocycles. The summed E-state index contributed by atoms with van der Waals surface area (Å²) in [6.07, 6.45) is 3.16. The first-order valence-corrected chi connectivity index (χ1v) is 7.16. The number of nitrogens with zero attached hydrogens (tertiary/aromatic N) is 1. The van der Waals surface area contributed by atoms with Crippen LogP contribution < -0.4 is 5.32 Å². The van der Waals surface area contributed by atoms with Gasteiger partial charge in [0.1, 0.15) is 0 Å². The molecule has 0 radical (unpaired) electrons. The normalized spacial score (nSPS) is 11.0. The number of H-pyrrole nitrogens is 1. The SMILES string of the molecule is CNC(=O)c1ccc(C=CC(=O)c2nc3ccccc3[nH]2)cc1. The number of aromatic nitrogens is 2. The summed E-state index contributed by atoms with van der Waals surface area (Å²) in [5, 5.41) is 2.56. The molecule has 3 aromatic rings. The van der Waals surface area contributed by atoms with E-state index < -0.39 is 0 Å². The maximum Gasteiger partial charge on any atom is 0.251 e.